The minimum Gasteiger partial charge on any atom is -0.339 e. The van der Waals surface area contributed by atoms with Gasteiger partial charge in [-0.05, 0) is 50.8 Å². The molecule has 0 spiro atoms. The highest BCUT2D eigenvalue weighted by Gasteiger charge is 2.36. The molecule has 2 fully saturated rings. The van der Waals surface area contributed by atoms with Crippen molar-refractivity contribution >= 4 is 29.3 Å². The molecular formula is C18H23N3O2S. The zero-order valence-electron chi connectivity index (χ0n) is 14.0. The third-order valence-corrected chi connectivity index (χ3v) is 6.65. The summed E-state index contributed by atoms with van der Waals surface area (Å²) in [5.74, 6) is 0.0438. The Labute approximate surface area is 146 Å². The van der Waals surface area contributed by atoms with Gasteiger partial charge in [-0.2, -0.15) is 0 Å². The molecule has 3 aliphatic rings. The second-order valence-corrected chi connectivity index (χ2v) is 8.52. The first kappa shape index (κ1) is 16.0. The molecule has 3 unspecified atom stereocenters. The molecule has 1 aromatic carbocycles. The van der Waals surface area contributed by atoms with Crippen LogP contribution in [0.4, 0.5) is 5.69 Å². The van der Waals surface area contributed by atoms with E-state index in [2.05, 4.69) is 10.6 Å². The lowest BCUT2D eigenvalue weighted by Crippen LogP contribution is -2.48. The van der Waals surface area contributed by atoms with Crippen LogP contribution in [0.1, 0.15) is 43.0 Å². The number of nitrogens with zero attached hydrogens (tertiary/aromatic N) is 1. The smallest absolute Gasteiger partial charge is 0.253 e. The quantitative estimate of drug-likeness (QED) is 0.864. The minimum atomic E-state index is -0.0908. The van der Waals surface area contributed by atoms with Crippen LogP contribution >= 0.6 is 11.8 Å². The molecule has 3 aliphatic heterocycles. The average molecular weight is 345 g/mol. The van der Waals surface area contributed by atoms with Crippen molar-refractivity contribution in [1.29, 1.82) is 0 Å². The van der Waals surface area contributed by atoms with Crippen LogP contribution in [0.25, 0.3) is 0 Å². The lowest BCUT2D eigenvalue weighted by molar-refractivity contribution is -0.115. The minimum absolute atomic E-state index is 0.000355. The van der Waals surface area contributed by atoms with Gasteiger partial charge in [-0.25, -0.2) is 0 Å². The predicted molar refractivity (Wildman–Crippen MR) is 95.5 cm³/mol. The summed E-state index contributed by atoms with van der Waals surface area (Å²) in [5.41, 5.74) is 1.41. The molecule has 2 amide bonds. The Morgan fingerprint density at radius 2 is 1.96 bits per heavy atom. The molecule has 128 valence electrons. The summed E-state index contributed by atoms with van der Waals surface area (Å²) in [6.45, 7) is 1.89. The van der Waals surface area contributed by atoms with Gasteiger partial charge in [0.1, 0.15) is 0 Å². The van der Waals surface area contributed by atoms with E-state index in [-0.39, 0.29) is 17.1 Å². The second-order valence-electron chi connectivity index (χ2n) is 7.14. The van der Waals surface area contributed by atoms with Gasteiger partial charge >= 0.3 is 0 Å². The summed E-state index contributed by atoms with van der Waals surface area (Å²) in [6, 6.07) is 7.07. The van der Waals surface area contributed by atoms with Crippen molar-refractivity contribution in [2.24, 2.45) is 0 Å². The maximum atomic E-state index is 12.9. The van der Waals surface area contributed by atoms with Gasteiger partial charge < -0.3 is 15.5 Å². The monoisotopic (exact) mass is 345 g/mol. The summed E-state index contributed by atoms with van der Waals surface area (Å²) in [7, 11) is 1.91. The topological polar surface area (TPSA) is 61.4 Å². The first-order chi connectivity index (χ1) is 11.5. The summed E-state index contributed by atoms with van der Waals surface area (Å²) >= 11 is 1.54. The van der Waals surface area contributed by atoms with E-state index in [4.69, 9.17) is 0 Å². The van der Waals surface area contributed by atoms with Gasteiger partial charge in [0.15, 0.2) is 0 Å². The maximum absolute atomic E-state index is 12.9. The number of carbonyl (C=O) groups excluding carboxylic acids is 2. The van der Waals surface area contributed by atoms with Crippen LogP contribution < -0.4 is 10.6 Å². The van der Waals surface area contributed by atoms with Gasteiger partial charge in [0, 0.05) is 35.6 Å². The molecule has 3 heterocycles. The molecule has 1 aromatic rings. The number of thioether (sulfide) groups is 1. The highest BCUT2D eigenvalue weighted by atomic mass is 32.2. The van der Waals surface area contributed by atoms with Gasteiger partial charge in [0.25, 0.3) is 5.91 Å². The Balaban J connectivity index is 1.52. The van der Waals surface area contributed by atoms with Crippen molar-refractivity contribution in [2.75, 3.05) is 12.4 Å². The molecule has 5 nitrogen and oxygen atoms in total. The van der Waals surface area contributed by atoms with Gasteiger partial charge in [-0.1, -0.05) is 0 Å². The maximum Gasteiger partial charge on any atom is 0.253 e. The molecule has 0 radical (unpaired) electrons. The van der Waals surface area contributed by atoms with Gasteiger partial charge in [0.05, 0.1) is 10.9 Å². The Bertz CT molecular complexity index is 681. The number of fused-ring (bicyclic) bond motifs is 3. The molecule has 2 N–H and O–H groups in total. The Hall–Kier alpha value is -1.53. The van der Waals surface area contributed by atoms with E-state index in [1.807, 2.05) is 37.1 Å². The summed E-state index contributed by atoms with van der Waals surface area (Å²) in [5, 5.41) is 6.43. The van der Waals surface area contributed by atoms with Crippen LogP contribution in [-0.2, 0) is 4.79 Å². The van der Waals surface area contributed by atoms with Crippen LogP contribution in [0, 0.1) is 0 Å². The van der Waals surface area contributed by atoms with Crippen LogP contribution in [0.3, 0.4) is 0 Å². The number of anilines is 1. The summed E-state index contributed by atoms with van der Waals surface area (Å²) < 4.78 is 0. The number of hydrogen-bond donors (Lipinski definition) is 2. The predicted octanol–water partition coefficient (Wildman–Crippen LogP) is 2.47. The zero-order valence-corrected chi connectivity index (χ0v) is 14.9. The normalized spacial score (nSPS) is 31.3. The van der Waals surface area contributed by atoms with Gasteiger partial charge in [0.2, 0.25) is 5.91 Å². The average Bonchev–Trinajstić information content (AvgIpc) is 2.92. The standard InChI is InChI=1S/C18H23N3O2S/c1-10-17(22)20-15-7-11(3-6-16(15)24-10)18(23)21(2)14-8-12-4-5-13(9-14)19-12/h3,6-7,10,12-14,19H,4-5,8-9H2,1-2H3,(H,20,22). The third kappa shape index (κ3) is 2.82. The van der Waals surface area contributed by atoms with Crippen LogP contribution in [0.5, 0.6) is 0 Å². The number of amides is 2. The fourth-order valence-corrected chi connectivity index (χ4v) is 4.99. The van der Waals surface area contributed by atoms with Gasteiger partial charge in [-0.15, -0.1) is 11.8 Å². The first-order valence-corrected chi connectivity index (χ1v) is 9.54. The zero-order chi connectivity index (χ0) is 16.8. The highest BCUT2D eigenvalue weighted by molar-refractivity contribution is 8.00. The molecule has 0 saturated carbocycles. The fourth-order valence-electron chi connectivity index (χ4n) is 4.05. The SMILES string of the molecule is CC1Sc2ccc(C(=O)N(C)C3CC4CCC(C3)N4)cc2NC1=O. The number of carbonyl (C=O) groups is 2. The van der Waals surface area contributed by atoms with Crippen LogP contribution in [0.15, 0.2) is 23.1 Å². The Morgan fingerprint density at radius 1 is 1.25 bits per heavy atom. The molecule has 2 saturated heterocycles. The lowest BCUT2D eigenvalue weighted by Gasteiger charge is -2.35. The van der Waals surface area contributed by atoms with Crippen molar-refractivity contribution in [3.05, 3.63) is 23.8 Å². The van der Waals surface area contributed by atoms with Crippen LogP contribution in [-0.4, -0.2) is 47.1 Å². The lowest BCUT2D eigenvalue weighted by atomic mass is 9.98. The fraction of sp³-hybridized carbons (Fsp3) is 0.556. The number of nitrogens with one attached hydrogen (secondary N) is 2. The van der Waals surface area contributed by atoms with E-state index in [9.17, 15) is 9.59 Å². The molecule has 2 bridgehead atoms. The molecule has 0 aromatic heterocycles. The van der Waals surface area contributed by atoms with Crippen LogP contribution in [0.2, 0.25) is 0 Å². The molecule has 3 atom stereocenters. The third-order valence-electron chi connectivity index (χ3n) is 5.47. The van der Waals surface area contributed by atoms with Crippen molar-refractivity contribution in [3.63, 3.8) is 0 Å². The summed E-state index contributed by atoms with van der Waals surface area (Å²) in [6.07, 6.45) is 4.52. The van der Waals surface area contributed by atoms with E-state index < -0.39 is 0 Å². The largest absolute Gasteiger partial charge is 0.339 e. The van der Waals surface area contributed by atoms with Gasteiger partial charge in [-0.3, -0.25) is 9.59 Å². The molecule has 0 aliphatic carbocycles. The highest BCUT2D eigenvalue weighted by Crippen LogP contribution is 2.36. The van der Waals surface area contributed by atoms with Crippen molar-refractivity contribution < 1.29 is 9.59 Å². The van der Waals surface area contributed by atoms with Crippen molar-refractivity contribution in [2.45, 2.75) is 60.9 Å². The van der Waals surface area contributed by atoms with Crippen molar-refractivity contribution in [1.82, 2.24) is 10.2 Å². The summed E-state index contributed by atoms with van der Waals surface area (Å²) in [4.78, 5) is 27.7. The number of rotatable bonds is 2. The molecular weight excluding hydrogens is 322 g/mol. The Kier molecular flexibility index (Phi) is 4.04. The Morgan fingerprint density at radius 3 is 2.67 bits per heavy atom. The van der Waals surface area contributed by atoms with E-state index >= 15 is 0 Å². The van der Waals surface area contributed by atoms with E-state index in [1.165, 1.54) is 12.8 Å². The first-order valence-electron chi connectivity index (χ1n) is 8.66. The molecule has 24 heavy (non-hydrogen) atoms. The molecule has 6 heteroatoms. The number of benzene rings is 1. The second kappa shape index (κ2) is 6.08. The van der Waals surface area contributed by atoms with Crippen molar-refractivity contribution in [3.8, 4) is 0 Å². The molecule has 4 rings (SSSR count). The number of piperidine rings is 1. The number of hydrogen-bond acceptors (Lipinski definition) is 4. The van der Waals surface area contributed by atoms with E-state index in [0.29, 0.717) is 23.7 Å². The van der Waals surface area contributed by atoms with E-state index in [0.717, 1.165) is 23.4 Å². The van der Waals surface area contributed by atoms with E-state index in [1.54, 1.807) is 11.8 Å².